The summed E-state index contributed by atoms with van der Waals surface area (Å²) in [4.78, 5) is 11.8. The zero-order chi connectivity index (χ0) is 14.5. The fourth-order valence-electron chi connectivity index (χ4n) is 2.19. The quantitative estimate of drug-likeness (QED) is 0.818. The van der Waals surface area contributed by atoms with Gasteiger partial charge in [-0.3, -0.25) is 4.79 Å². The number of hydrogen-bond acceptors (Lipinski definition) is 4. The van der Waals surface area contributed by atoms with E-state index in [9.17, 15) is 4.79 Å². The van der Waals surface area contributed by atoms with E-state index in [-0.39, 0.29) is 19.2 Å². The second kappa shape index (κ2) is 6.41. The lowest BCUT2D eigenvalue weighted by Crippen LogP contribution is -2.11. The second-order valence-corrected chi connectivity index (χ2v) is 4.88. The first-order chi connectivity index (χ1) is 10.3. The van der Waals surface area contributed by atoms with Gasteiger partial charge in [0, 0.05) is 6.42 Å². The number of fused-ring (bicyclic) bond motifs is 1. The van der Waals surface area contributed by atoms with Crippen molar-refractivity contribution in [3.63, 3.8) is 0 Å². The van der Waals surface area contributed by atoms with Crippen LogP contribution in [0.1, 0.15) is 11.1 Å². The number of carbonyl (C=O) groups is 1. The molecule has 1 aliphatic rings. The molecule has 0 amide bonds. The third kappa shape index (κ3) is 3.61. The summed E-state index contributed by atoms with van der Waals surface area (Å²) < 4.78 is 16.0. The minimum absolute atomic E-state index is 0.0712. The average Bonchev–Trinajstić information content (AvgIpc) is 2.96. The van der Waals surface area contributed by atoms with Gasteiger partial charge in [-0.15, -0.1) is 0 Å². The molecule has 4 heteroatoms. The van der Waals surface area contributed by atoms with Gasteiger partial charge in [-0.1, -0.05) is 36.4 Å². The van der Waals surface area contributed by atoms with Gasteiger partial charge in [-0.2, -0.15) is 0 Å². The molecule has 0 atom stereocenters. The molecule has 0 bridgehead atoms. The first kappa shape index (κ1) is 13.6. The van der Waals surface area contributed by atoms with Gasteiger partial charge < -0.3 is 14.2 Å². The molecule has 1 heterocycles. The molecular formula is C17H16O4. The Morgan fingerprint density at radius 1 is 1.00 bits per heavy atom. The first-order valence-electron chi connectivity index (χ1n) is 6.83. The summed E-state index contributed by atoms with van der Waals surface area (Å²) in [6.07, 6.45) is 0.405. The van der Waals surface area contributed by atoms with Gasteiger partial charge in [0.1, 0.15) is 6.61 Å². The number of rotatable bonds is 6. The van der Waals surface area contributed by atoms with Gasteiger partial charge in [0.25, 0.3) is 0 Å². The van der Waals surface area contributed by atoms with Gasteiger partial charge in [0.2, 0.25) is 6.79 Å². The first-order valence-corrected chi connectivity index (χ1v) is 6.83. The third-order valence-electron chi connectivity index (χ3n) is 3.21. The standard InChI is InChI=1S/C17H16O4/c18-15(8-13-4-2-1-3-5-13)11-19-10-14-6-7-16-17(9-14)21-12-20-16/h1-7,9H,8,10-12H2. The normalized spacial score (nSPS) is 12.4. The van der Waals surface area contributed by atoms with E-state index in [1.165, 1.54) is 0 Å². The lowest BCUT2D eigenvalue weighted by Gasteiger charge is -2.05. The molecule has 0 aliphatic carbocycles. The Bertz CT molecular complexity index is 622. The van der Waals surface area contributed by atoms with Crippen molar-refractivity contribution >= 4 is 5.78 Å². The molecule has 21 heavy (non-hydrogen) atoms. The Hall–Kier alpha value is -2.33. The van der Waals surface area contributed by atoms with Crippen LogP contribution in [0.25, 0.3) is 0 Å². The van der Waals surface area contributed by atoms with E-state index in [2.05, 4.69) is 0 Å². The van der Waals surface area contributed by atoms with Crippen LogP contribution in [0, 0.1) is 0 Å². The van der Waals surface area contributed by atoms with Crippen molar-refractivity contribution < 1.29 is 19.0 Å². The van der Waals surface area contributed by atoms with E-state index in [0.29, 0.717) is 13.0 Å². The Morgan fingerprint density at radius 2 is 1.81 bits per heavy atom. The molecule has 0 saturated heterocycles. The molecule has 2 aromatic carbocycles. The molecule has 1 aliphatic heterocycles. The monoisotopic (exact) mass is 284 g/mol. The summed E-state index contributed by atoms with van der Waals surface area (Å²) in [5, 5.41) is 0. The summed E-state index contributed by atoms with van der Waals surface area (Å²) in [6, 6.07) is 15.3. The lowest BCUT2D eigenvalue weighted by molar-refractivity contribution is -0.123. The highest BCUT2D eigenvalue weighted by atomic mass is 16.7. The summed E-state index contributed by atoms with van der Waals surface area (Å²) in [5.74, 6) is 1.55. The van der Waals surface area contributed by atoms with Crippen LogP contribution in [0.4, 0.5) is 0 Å². The minimum Gasteiger partial charge on any atom is -0.454 e. The van der Waals surface area contributed by atoms with Crippen LogP contribution < -0.4 is 9.47 Å². The van der Waals surface area contributed by atoms with Crippen LogP contribution in [0.3, 0.4) is 0 Å². The predicted molar refractivity (Wildman–Crippen MR) is 77.4 cm³/mol. The molecule has 0 saturated carbocycles. The van der Waals surface area contributed by atoms with Crippen molar-refractivity contribution in [3.8, 4) is 11.5 Å². The van der Waals surface area contributed by atoms with Crippen molar-refractivity contribution in [1.29, 1.82) is 0 Å². The van der Waals surface area contributed by atoms with E-state index in [1.807, 2.05) is 48.5 Å². The summed E-state index contributed by atoms with van der Waals surface area (Å²) in [6.45, 7) is 0.760. The maximum Gasteiger partial charge on any atom is 0.231 e. The lowest BCUT2D eigenvalue weighted by atomic mass is 10.1. The van der Waals surface area contributed by atoms with Crippen LogP contribution >= 0.6 is 0 Å². The highest BCUT2D eigenvalue weighted by Gasteiger charge is 2.13. The molecule has 0 aromatic heterocycles. The van der Waals surface area contributed by atoms with E-state index < -0.39 is 0 Å². The number of ether oxygens (including phenoxy) is 3. The number of ketones is 1. The van der Waals surface area contributed by atoms with Crippen molar-refractivity contribution in [2.75, 3.05) is 13.4 Å². The van der Waals surface area contributed by atoms with Crippen molar-refractivity contribution in [3.05, 3.63) is 59.7 Å². The zero-order valence-electron chi connectivity index (χ0n) is 11.6. The molecular weight excluding hydrogens is 268 g/mol. The van der Waals surface area contributed by atoms with Gasteiger partial charge in [0.05, 0.1) is 6.61 Å². The molecule has 2 aromatic rings. The summed E-state index contributed by atoms with van der Waals surface area (Å²) in [7, 11) is 0. The average molecular weight is 284 g/mol. The Kier molecular flexibility index (Phi) is 4.17. The zero-order valence-corrected chi connectivity index (χ0v) is 11.6. The predicted octanol–water partition coefficient (Wildman–Crippen LogP) is 2.74. The minimum atomic E-state index is 0.0712. The summed E-state index contributed by atoms with van der Waals surface area (Å²) in [5.41, 5.74) is 1.97. The van der Waals surface area contributed by atoms with Crippen molar-refractivity contribution in [1.82, 2.24) is 0 Å². The maximum absolute atomic E-state index is 11.8. The Balaban J connectivity index is 1.46. The molecule has 108 valence electrons. The van der Waals surface area contributed by atoms with Gasteiger partial charge >= 0.3 is 0 Å². The number of carbonyl (C=O) groups excluding carboxylic acids is 1. The van der Waals surface area contributed by atoms with Crippen LogP contribution in [0.5, 0.6) is 11.5 Å². The highest BCUT2D eigenvalue weighted by Crippen LogP contribution is 2.32. The molecule has 0 N–H and O–H groups in total. The summed E-state index contributed by atoms with van der Waals surface area (Å²) >= 11 is 0. The van der Waals surface area contributed by atoms with Crippen LogP contribution in [-0.2, 0) is 22.6 Å². The van der Waals surface area contributed by atoms with E-state index in [0.717, 1.165) is 22.6 Å². The molecule has 4 nitrogen and oxygen atoms in total. The highest BCUT2D eigenvalue weighted by molar-refractivity contribution is 5.82. The molecule has 0 spiro atoms. The van der Waals surface area contributed by atoms with Crippen LogP contribution in [-0.4, -0.2) is 19.2 Å². The SMILES string of the molecule is O=C(COCc1ccc2c(c1)OCO2)Cc1ccccc1. The van der Waals surface area contributed by atoms with Gasteiger partial charge in [-0.25, -0.2) is 0 Å². The fourth-order valence-corrected chi connectivity index (χ4v) is 2.19. The smallest absolute Gasteiger partial charge is 0.231 e. The Morgan fingerprint density at radius 3 is 2.67 bits per heavy atom. The van der Waals surface area contributed by atoms with Gasteiger partial charge in [-0.05, 0) is 23.3 Å². The maximum atomic E-state index is 11.8. The molecule has 0 unspecified atom stereocenters. The number of hydrogen-bond donors (Lipinski definition) is 0. The van der Waals surface area contributed by atoms with E-state index >= 15 is 0 Å². The third-order valence-corrected chi connectivity index (χ3v) is 3.21. The molecule has 0 fully saturated rings. The van der Waals surface area contributed by atoms with E-state index in [4.69, 9.17) is 14.2 Å². The van der Waals surface area contributed by atoms with Gasteiger partial charge in [0.15, 0.2) is 17.3 Å². The van der Waals surface area contributed by atoms with Crippen LogP contribution in [0.2, 0.25) is 0 Å². The Labute approximate surface area is 123 Å². The largest absolute Gasteiger partial charge is 0.454 e. The topological polar surface area (TPSA) is 44.8 Å². The number of Topliss-reactive ketones (excluding diaryl/α,β-unsaturated/α-hetero) is 1. The molecule has 0 radical (unpaired) electrons. The van der Waals surface area contributed by atoms with Crippen molar-refractivity contribution in [2.45, 2.75) is 13.0 Å². The second-order valence-electron chi connectivity index (χ2n) is 4.88. The van der Waals surface area contributed by atoms with Crippen LogP contribution in [0.15, 0.2) is 48.5 Å². The van der Waals surface area contributed by atoms with Crippen molar-refractivity contribution in [2.24, 2.45) is 0 Å². The molecule has 3 rings (SSSR count). The van der Waals surface area contributed by atoms with E-state index in [1.54, 1.807) is 0 Å². The number of benzene rings is 2. The fraction of sp³-hybridized carbons (Fsp3) is 0.235.